The highest BCUT2D eigenvalue weighted by Gasteiger charge is 2.35. The minimum Gasteiger partial charge on any atom is -0.497 e. The van der Waals surface area contributed by atoms with Crippen molar-refractivity contribution in [1.29, 1.82) is 0 Å². The van der Waals surface area contributed by atoms with Crippen molar-refractivity contribution in [3.63, 3.8) is 0 Å². The average Bonchev–Trinajstić information content (AvgIpc) is 3.41. The van der Waals surface area contributed by atoms with Crippen molar-refractivity contribution < 1.29 is 27.5 Å². The number of amides is 1. The number of halogens is 1. The fourth-order valence-corrected chi connectivity index (χ4v) is 6.86. The summed E-state index contributed by atoms with van der Waals surface area (Å²) in [6.45, 7) is 5.14. The molecule has 7 nitrogen and oxygen atoms in total. The third-order valence-corrected chi connectivity index (χ3v) is 9.61. The van der Waals surface area contributed by atoms with Gasteiger partial charge in [0.25, 0.3) is 5.91 Å². The van der Waals surface area contributed by atoms with E-state index >= 15 is 0 Å². The number of esters is 1. The summed E-state index contributed by atoms with van der Waals surface area (Å²) in [4.78, 5) is 25.8. The first kappa shape index (κ1) is 26.2. The van der Waals surface area contributed by atoms with E-state index in [2.05, 4.69) is 5.32 Å². The van der Waals surface area contributed by atoms with Crippen molar-refractivity contribution in [1.82, 2.24) is 5.32 Å². The van der Waals surface area contributed by atoms with Gasteiger partial charge in [0, 0.05) is 11.4 Å². The Balaban J connectivity index is 1.76. The molecule has 1 aliphatic rings. The predicted octanol–water partition coefficient (Wildman–Crippen LogP) is 4.61. The molecular formula is C24H28ClNO6S2. The molecule has 1 heterocycles. The average molecular weight is 526 g/mol. The lowest BCUT2D eigenvalue weighted by Gasteiger charge is -2.23. The zero-order valence-corrected chi connectivity index (χ0v) is 21.8. The number of benzene rings is 1. The molecule has 3 atom stereocenters. The van der Waals surface area contributed by atoms with E-state index in [1.54, 1.807) is 33.9 Å². The third kappa shape index (κ3) is 5.47. The topological polar surface area (TPSA) is 98.8 Å². The van der Waals surface area contributed by atoms with Crippen LogP contribution >= 0.6 is 22.9 Å². The number of nitrogens with one attached hydrogen (secondary N) is 1. The van der Waals surface area contributed by atoms with Gasteiger partial charge in [0.05, 0.1) is 34.8 Å². The van der Waals surface area contributed by atoms with Gasteiger partial charge in [0.2, 0.25) is 0 Å². The number of allylic oxidation sites excluding steroid dienone is 1. The molecule has 3 unspecified atom stereocenters. The van der Waals surface area contributed by atoms with Gasteiger partial charge in [0.1, 0.15) is 10.6 Å². The van der Waals surface area contributed by atoms with Gasteiger partial charge < -0.3 is 14.8 Å². The number of rotatable bonds is 9. The first-order valence-corrected chi connectivity index (χ1v) is 13.7. The van der Waals surface area contributed by atoms with Crippen LogP contribution < -0.4 is 10.1 Å². The Bertz CT molecular complexity index is 1190. The van der Waals surface area contributed by atoms with Crippen LogP contribution in [0.15, 0.2) is 46.7 Å². The summed E-state index contributed by atoms with van der Waals surface area (Å²) in [6.07, 6.45) is 4.21. The summed E-state index contributed by atoms with van der Waals surface area (Å²) >= 11 is 7.27. The van der Waals surface area contributed by atoms with Crippen LogP contribution in [0.4, 0.5) is 0 Å². The number of hydrogen-bond acceptors (Lipinski definition) is 7. The highest BCUT2D eigenvalue weighted by molar-refractivity contribution is 7.92. The smallest absolute Gasteiger partial charge is 0.314 e. The summed E-state index contributed by atoms with van der Waals surface area (Å²) in [7, 11) is -2.03. The minimum absolute atomic E-state index is 0.0282. The van der Waals surface area contributed by atoms with E-state index in [1.807, 2.05) is 30.4 Å². The monoisotopic (exact) mass is 525 g/mol. The van der Waals surface area contributed by atoms with E-state index in [0.717, 1.165) is 16.9 Å². The van der Waals surface area contributed by atoms with Crippen molar-refractivity contribution in [2.24, 2.45) is 5.92 Å². The molecule has 1 aliphatic carbocycles. The molecule has 10 heteroatoms. The van der Waals surface area contributed by atoms with E-state index in [4.69, 9.17) is 21.1 Å². The quantitative estimate of drug-likeness (QED) is 0.379. The normalized spacial score (nSPS) is 18.6. The van der Waals surface area contributed by atoms with Gasteiger partial charge in [-0.3, -0.25) is 9.59 Å². The van der Waals surface area contributed by atoms with Crippen molar-refractivity contribution in [3.05, 3.63) is 57.3 Å². The highest BCUT2D eigenvalue weighted by atomic mass is 35.5. The minimum atomic E-state index is -3.60. The molecule has 0 saturated heterocycles. The standard InChI is InChI=1S/C24H28ClNO6S2/c1-5-32-24(28)20(15-7-6-8-18(12-15)31-4)16-9-10-17(11-16)26-23(27)22-21(25)19(13-33-22)34(29,30)14(2)3/h6-10,12-14,16-17,20H,5,11H2,1-4H3,(H,26,27). The maximum Gasteiger partial charge on any atom is 0.314 e. The van der Waals surface area contributed by atoms with Gasteiger partial charge in [0.15, 0.2) is 9.84 Å². The molecule has 3 rings (SSSR count). The van der Waals surface area contributed by atoms with Crippen LogP contribution in [-0.4, -0.2) is 45.3 Å². The summed E-state index contributed by atoms with van der Waals surface area (Å²) in [5, 5.41) is 3.58. The zero-order chi connectivity index (χ0) is 25.0. The maximum absolute atomic E-state index is 12.9. The second-order valence-corrected chi connectivity index (χ2v) is 11.9. The van der Waals surface area contributed by atoms with Crippen molar-refractivity contribution in [2.75, 3.05) is 13.7 Å². The lowest BCUT2D eigenvalue weighted by atomic mass is 9.85. The Morgan fingerprint density at radius 2 is 2.00 bits per heavy atom. The van der Waals surface area contributed by atoms with E-state index < -0.39 is 26.9 Å². The zero-order valence-electron chi connectivity index (χ0n) is 19.4. The SMILES string of the molecule is CCOC(=O)C(c1cccc(OC)c1)C1C=CC(NC(=O)c2scc(S(=O)(=O)C(C)C)c2Cl)C1. The van der Waals surface area contributed by atoms with Gasteiger partial charge in [-0.1, -0.05) is 35.9 Å². The van der Waals surface area contributed by atoms with Crippen molar-refractivity contribution in [2.45, 2.75) is 49.3 Å². The lowest BCUT2D eigenvalue weighted by Crippen LogP contribution is -2.33. The van der Waals surface area contributed by atoms with Gasteiger partial charge in [-0.15, -0.1) is 11.3 Å². The molecule has 1 amide bonds. The summed E-state index contributed by atoms with van der Waals surface area (Å²) in [5.74, 6) is -0.918. The van der Waals surface area contributed by atoms with Crippen LogP contribution in [0.5, 0.6) is 5.75 Å². The van der Waals surface area contributed by atoms with Crippen molar-refractivity contribution in [3.8, 4) is 5.75 Å². The van der Waals surface area contributed by atoms with Crippen LogP contribution in [-0.2, 0) is 19.4 Å². The fraction of sp³-hybridized carbons (Fsp3) is 0.417. The van der Waals surface area contributed by atoms with E-state index in [9.17, 15) is 18.0 Å². The maximum atomic E-state index is 12.9. The molecular weight excluding hydrogens is 498 g/mol. The molecule has 1 aromatic carbocycles. The number of sulfone groups is 1. The molecule has 0 bridgehead atoms. The fourth-order valence-electron chi connectivity index (χ4n) is 3.87. The Kier molecular flexibility index (Phi) is 8.43. The molecule has 0 radical (unpaired) electrons. The Morgan fingerprint density at radius 1 is 1.26 bits per heavy atom. The molecule has 0 aliphatic heterocycles. The molecule has 1 N–H and O–H groups in total. The largest absolute Gasteiger partial charge is 0.497 e. The Hall–Kier alpha value is -2.36. The molecule has 2 aromatic rings. The summed E-state index contributed by atoms with van der Waals surface area (Å²) < 4.78 is 35.6. The van der Waals surface area contributed by atoms with E-state index in [0.29, 0.717) is 12.2 Å². The highest BCUT2D eigenvalue weighted by Crippen LogP contribution is 2.37. The first-order valence-electron chi connectivity index (χ1n) is 10.9. The van der Waals surface area contributed by atoms with Crippen LogP contribution in [0, 0.1) is 5.92 Å². The van der Waals surface area contributed by atoms with Crippen LogP contribution in [0.1, 0.15) is 48.3 Å². The summed E-state index contributed by atoms with van der Waals surface area (Å²) in [5.41, 5.74) is 0.768. The Morgan fingerprint density at radius 3 is 2.65 bits per heavy atom. The van der Waals surface area contributed by atoms with Gasteiger partial charge in [-0.05, 0) is 50.8 Å². The number of methoxy groups -OCH3 is 1. The molecule has 0 saturated carbocycles. The lowest BCUT2D eigenvalue weighted by molar-refractivity contribution is -0.146. The van der Waals surface area contributed by atoms with Crippen LogP contribution in [0.3, 0.4) is 0 Å². The Labute approximate surface area is 209 Å². The number of ether oxygens (including phenoxy) is 2. The van der Waals surface area contributed by atoms with E-state index in [-0.39, 0.29) is 39.3 Å². The van der Waals surface area contributed by atoms with Crippen molar-refractivity contribution >= 4 is 44.7 Å². The predicted molar refractivity (Wildman–Crippen MR) is 133 cm³/mol. The second kappa shape index (κ2) is 10.9. The number of carbonyl (C=O) groups excluding carboxylic acids is 2. The molecule has 184 valence electrons. The van der Waals surface area contributed by atoms with Crippen LogP contribution in [0.25, 0.3) is 0 Å². The second-order valence-electron chi connectivity index (χ2n) is 8.21. The number of hydrogen-bond donors (Lipinski definition) is 1. The molecule has 0 fully saturated rings. The first-order chi connectivity index (χ1) is 16.1. The van der Waals surface area contributed by atoms with Crippen LogP contribution in [0.2, 0.25) is 5.02 Å². The molecule has 1 aromatic heterocycles. The number of thiophene rings is 1. The molecule has 34 heavy (non-hydrogen) atoms. The van der Waals surface area contributed by atoms with E-state index in [1.165, 1.54) is 5.38 Å². The third-order valence-electron chi connectivity index (χ3n) is 5.69. The molecule has 0 spiro atoms. The summed E-state index contributed by atoms with van der Waals surface area (Å²) in [6, 6.07) is 6.94. The van der Waals surface area contributed by atoms with Gasteiger partial charge in [-0.2, -0.15) is 0 Å². The van der Waals surface area contributed by atoms with Gasteiger partial charge >= 0.3 is 5.97 Å². The van der Waals surface area contributed by atoms with Gasteiger partial charge in [-0.25, -0.2) is 8.42 Å². The number of carbonyl (C=O) groups is 2.